The molecule has 1 atom stereocenters. The molecule has 0 spiro atoms. The summed E-state index contributed by atoms with van der Waals surface area (Å²) >= 11 is 1.63. The normalized spacial score (nSPS) is 21.9. The molecule has 1 unspecified atom stereocenters. The summed E-state index contributed by atoms with van der Waals surface area (Å²) in [4.78, 5) is 5.46. The molecule has 6 heteroatoms. The van der Waals surface area contributed by atoms with E-state index in [1.807, 2.05) is 6.20 Å². The summed E-state index contributed by atoms with van der Waals surface area (Å²) in [7, 11) is -2.77. The van der Waals surface area contributed by atoms with E-state index in [9.17, 15) is 13.5 Å². The number of hydrogen-bond donors (Lipinski definition) is 1. The fourth-order valence-corrected chi connectivity index (χ4v) is 4.96. The zero-order chi connectivity index (χ0) is 13.2. The zero-order valence-corrected chi connectivity index (χ0v) is 12.1. The Kier molecular flexibility index (Phi) is 4.40. The first-order valence-corrected chi connectivity index (χ1v) is 8.90. The summed E-state index contributed by atoms with van der Waals surface area (Å²) in [5, 5.41) is 10.4. The molecule has 1 aliphatic rings. The largest absolute Gasteiger partial charge is 0.393 e. The minimum atomic E-state index is -2.77. The molecule has 0 aliphatic carbocycles. The molecule has 0 saturated carbocycles. The van der Waals surface area contributed by atoms with Gasteiger partial charge in [0.05, 0.1) is 22.6 Å². The van der Waals surface area contributed by atoms with Crippen molar-refractivity contribution >= 4 is 21.2 Å². The van der Waals surface area contributed by atoms with E-state index in [0.29, 0.717) is 23.8 Å². The van der Waals surface area contributed by atoms with Gasteiger partial charge in [0.25, 0.3) is 0 Å². The first-order chi connectivity index (χ1) is 8.44. The molecule has 1 aliphatic heterocycles. The summed E-state index contributed by atoms with van der Waals surface area (Å²) in [6.07, 6.45) is 4.53. The van der Waals surface area contributed by atoms with Crippen molar-refractivity contribution in [3.63, 3.8) is 0 Å². The minimum Gasteiger partial charge on any atom is -0.393 e. The van der Waals surface area contributed by atoms with Gasteiger partial charge in [-0.25, -0.2) is 13.4 Å². The Balaban J connectivity index is 1.88. The molecular formula is C12H19NO3S2. The van der Waals surface area contributed by atoms with Crippen LogP contribution in [-0.4, -0.2) is 36.1 Å². The molecule has 1 fully saturated rings. The maximum atomic E-state index is 11.3. The lowest BCUT2D eigenvalue weighted by molar-refractivity contribution is 0.196. The first-order valence-electron chi connectivity index (χ1n) is 6.27. The van der Waals surface area contributed by atoms with Gasteiger partial charge < -0.3 is 5.11 Å². The van der Waals surface area contributed by atoms with Crippen molar-refractivity contribution in [1.29, 1.82) is 0 Å². The van der Waals surface area contributed by atoms with E-state index in [1.54, 1.807) is 18.3 Å². The van der Waals surface area contributed by atoms with Crippen LogP contribution in [0.25, 0.3) is 0 Å². The standard InChI is InChI=1S/C12H19NO3S2/c1-9(14)6-11-8-13-12(17-11)7-10-2-4-18(15,16)5-3-10/h8-10,14H,2-7H2,1H3. The number of aliphatic hydroxyl groups is 1. The maximum absolute atomic E-state index is 11.3. The van der Waals surface area contributed by atoms with Gasteiger partial charge in [-0.15, -0.1) is 11.3 Å². The van der Waals surface area contributed by atoms with Gasteiger partial charge in [0.15, 0.2) is 0 Å². The predicted octanol–water partition coefficient (Wildman–Crippen LogP) is 1.43. The van der Waals surface area contributed by atoms with Crippen molar-refractivity contribution in [1.82, 2.24) is 4.98 Å². The van der Waals surface area contributed by atoms with Crippen LogP contribution in [0.1, 0.15) is 29.7 Å². The second kappa shape index (κ2) is 5.67. The van der Waals surface area contributed by atoms with Crippen molar-refractivity contribution in [2.24, 2.45) is 5.92 Å². The van der Waals surface area contributed by atoms with Gasteiger partial charge in [0, 0.05) is 23.9 Å². The van der Waals surface area contributed by atoms with Gasteiger partial charge in [-0.1, -0.05) is 0 Å². The van der Waals surface area contributed by atoms with Crippen molar-refractivity contribution < 1.29 is 13.5 Å². The van der Waals surface area contributed by atoms with Gasteiger partial charge in [-0.2, -0.15) is 0 Å². The van der Waals surface area contributed by atoms with E-state index in [2.05, 4.69) is 4.98 Å². The SMILES string of the molecule is CC(O)Cc1cnc(CC2CCS(=O)(=O)CC2)s1. The van der Waals surface area contributed by atoms with Gasteiger partial charge in [-0.05, 0) is 25.7 Å². The van der Waals surface area contributed by atoms with Crippen LogP contribution in [0.5, 0.6) is 0 Å². The van der Waals surface area contributed by atoms with Crippen LogP contribution in [0.2, 0.25) is 0 Å². The molecule has 4 nitrogen and oxygen atoms in total. The average Bonchev–Trinajstić information content (AvgIpc) is 2.68. The second-order valence-corrected chi connectivity index (χ2v) is 8.58. The molecule has 2 heterocycles. The maximum Gasteiger partial charge on any atom is 0.150 e. The van der Waals surface area contributed by atoms with Crippen molar-refractivity contribution in [3.8, 4) is 0 Å². The van der Waals surface area contributed by atoms with E-state index in [4.69, 9.17) is 0 Å². The quantitative estimate of drug-likeness (QED) is 0.910. The van der Waals surface area contributed by atoms with Crippen LogP contribution in [-0.2, 0) is 22.7 Å². The lowest BCUT2D eigenvalue weighted by Gasteiger charge is -2.20. The highest BCUT2D eigenvalue weighted by Crippen LogP contribution is 2.25. The van der Waals surface area contributed by atoms with Gasteiger partial charge >= 0.3 is 0 Å². The van der Waals surface area contributed by atoms with Crippen molar-refractivity contribution in [3.05, 3.63) is 16.1 Å². The van der Waals surface area contributed by atoms with Crippen LogP contribution in [0.4, 0.5) is 0 Å². The summed E-state index contributed by atoms with van der Waals surface area (Å²) in [6.45, 7) is 1.77. The summed E-state index contributed by atoms with van der Waals surface area (Å²) in [5.74, 6) is 1.09. The number of thiazole rings is 1. The van der Waals surface area contributed by atoms with Crippen LogP contribution >= 0.6 is 11.3 Å². The molecule has 1 aromatic rings. The summed E-state index contributed by atoms with van der Waals surface area (Å²) in [6, 6.07) is 0. The molecule has 1 N–H and O–H groups in total. The van der Waals surface area contributed by atoms with Crippen LogP contribution in [0, 0.1) is 5.92 Å². The lowest BCUT2D eigenvalue weighted by Crippen LogP contribution is -2.24. The molecule has 0 radical (unpaired) electrons. The zero-order valence-electron chi connectivity index (χ0n) is 10.5. The molecular weight excluding hydrogens is 270 g/mol. The van der Waals surface area contributed by atoms with Crippen LogP contribution in [0.15, 0.2) is 6.20 Å². The molecule has 18 heavy (non-hydrogen) atoms. The Bertz CT molecular complexity index is 479. The van der Waals surface area contributed by atoms with E-state index < -0.39 is 9.84 Å². The first kappa shape index (κ1) is 14.0. The number of hydrogen-bond acceptors (Lipinski definition) is 5. The average molecular weight is 289 g/mol. The topological polar surface area (TPSA) is 67.3 Å². The van der Waals surface area contributed by atoms with E-state index in [1.165, 1.54) is 0 Å². The Morgan fingerprint density at radius 3 is 2.78 bits per heavy atom. The van der Waals surface area contributed by atoms with E-state index in [-0.39, 0.29) is 6.10 Å². The summed E-state index contributed by atoms with van der Waals surface area (Å²) < 4.78 is 22.7. The lowest BCUT2D eigenvalue weighted by atomic mass is 9.99. The molecule has 0 aromatic carbocycles. The fraction of sp³-hybridized carbons (Fsp3) is 0.750. The third kappa shape index (κ3) is 4.03. The summed E-state index contributed by atoms with van der Waals surface area (Å²) in [5.41, 5.74) is 0. The number of aromatic nitrogens is 1. The highest BCUT2D eigenvalue weighted by Gasteiger charge is 2.24. The number of sulfone groups is 1. The van der Waals surface area contributed by atoms with Gasteiger partial charge in [0.2, 0.25) is 0 Å². The second-order valence-electron chi connectivity index (χ2n) is 5.07. The third-order valence-electron chi connectivity index (χ3n) is 3.24. The Labute approximate surface area is 112 Å². The molecule has 1 aromatic heterocycles. The number of rotatable bonds is 4. The molecule has 102 valence electrons. The molecule has 1 saturated heterocycles. The van der Waals surface area contributed by atoms with Gasteiger partial charge in [-0.3, -0.25) is 0 Å². The van der Waals surface area contributed by atoms with Gasteiger partial charge in [0.1, 0.15) is 9.84 Å². The van der Waals surface area contributed by atoms with Crippen molar-refractivity contribution in [2.45, 2.75) is 38.7 Å². The van der Waals surface area contributed by atoms with Crippen LogP contribution < -0.4 is 0 Å². The molecule has 0 amide bonds. The highest BCUT2D eigenvalue weighted by atomic mass is 32.2. The Morgan fingerprint density at radius 2 is 2.17 bits per heavy atom. The molecule has 0 bridgehead atoms. The minimum absolute atomic E-state index is 0.323. The Morgan fingerprint density at radius 1 is 1.50 bits per heavy atom. The fourth-order valence-electron chi connectivity index (χ4n) is 2.22. The smallest absolute Gasteiger partial charge is 0.150 e. The number of nitrogens with zero attached hydrogens (tertiary/aromatic N) is 1. The monoisotopic (exact) mass is 289 g/mol. The predicted molar refractivity (Wildman–Crippen MR) is 72.6 cm³/mol. The molecule has 2 rings (SSSR count). The van der Waals surface area contributed by atoms with Crippen LogP contribution in [0.3, 0.4) is 0 Å². The van der Waals surface area contributed by atoms with E-state index >= 15 is 0 Å². The van der Waals surface area contributed by atoms with Crippen molar-refractivity contribution in [2.75, 3.05) is 11.5 Å². The number of aliphatic hydroxyl groups excluding tert-OH is 1. The Hall–Kier alpha value is -0.460. The highest BCUT2D eigenvalue weighted by molar-refractivity contribution is 7.91. The van der Waals surface area contributed by atoms with E-state index in [0.717, 1.165) is 29.1 Å². The third-order valence-corrected chi connectivity index (χ3v) is 5.99.